The van der Waals surface area contributed by atoms with E-state index >= 15 is 0 Å². The Balaban J connectivity index is 1.80. The number of pyridine rings is 1. The van der Waals surface area contributed by atoms with Crippen molar-refractivity contribution in [2.24, 2.45) is 5.92 Å². The number of nitrogens with zero attached hydrogens (tertiary/aromatic N) is 4. The van der Waals surface area contributed by atoms with Crippen molar-refractivity contribution < 1.29 is 27.1 Å². The topological polar surface area (TPSA) is 72.9 Å². The van der Waals surface area contributed by atoms with Crippen LogP contribution in [0.15, 0.2) is 35.5 Å². The number of alkyl halides is 3. The van der Waals surface area contributed by atoms with Crippen LogP contribution in [-0.2, 0) is 10.9 Å². The lowest BCUT2D eigenvalue weighted by Gasteiger charge is -2.30. The highest BCUT2D eigenvalue weighted by Gasteiger charge is 2.33. The van der Waals surface area contributed by atoms with Crippen LogP contribution in [-0.4, -0.2) is 52.0 Å². The van der Waals surface area contributed by atoms with E-state index < -0.39 is 17.6 Å². The summed E-state index contributed by atoms with van der Waals surface area (Å²) < 4.78 is 51.5. The summed E-state index contributed by atoms with van der Waals surface area (Å²) in [6.07, 6.45) is -0.0339. The van der Waals surface area contributed by atoms with Gasteiger partial charge in [-0.25, -0.2) is 9.97 Å². The third kappa shape index (κ3) is 3.16. The predicted molar refractivity (Wildman–Crippen MR) is 87.0 cm³/mol. The molecule has 0 aromatic carbocycles. The molecular formula is C17H15F3N4O3. The Bertz CT molecular complexity index is 977. The molecule has 1 aliphatic rings. The first-order valence-corrected chi connectivity index (χ1v) is 8.15. The van der Waals surface area contributed by atoms with Crippen LogP contribution in [0.3, 0.4) is 0 Å². The molecule has 0 radical (unpaired) electrons. The number of oxazole rings is 1. The molecule has 0 atom stereocenters. The number of amides is 1. The molecule has 4 rings (SSSR count). The van der Waals surface area contributed by atoms with Gasteiger partial charge >= 0.3 is 6.18 Å². The standard InChI is InChI=1S/C17H15F3N4O3/c1-23(5-10-7-26-8-10)16(25)13-3-22-15-12(14-4-21-9-27-14)2-11(6-24(13)15)17(18,19)20/h2-4,6,9-10H,5,7-8H2,1H3. The van der Waals surface area contributed by atoms with Crippen LogP contribution < -0.4 is 0 Å². The fourth-order valence-electron chi connectivity index (χ4n) is 2.99. The average Bonchev–Trinajstić information content (AvgIpc) is 3.24. The Morgan fingerprint density at radius 2 is 2.15 bits per heavy atom. The summed E-state index contributed by atoms with van der Waals surface area (Å²) in [7, 11) is 1.60. The highest BCUT2D eigenvalue weighted by molar-refractivity contribution is 5.94. The van der Waals surface area contributed by atoms with Gasteiger partial charge in [0.2, 0.25) is 0 Å². The third-order valence-corrected chi connectivity index (χ3v) is 4.44. The van der Waals surface area contributed by atoms with E-state index in [2.05, 4.69) is 9.97 Å². The smallest absolute Gasteiger partial charge is 0.417 e. The molecule has 0 saturated carbocycles. The average molecular weight is 380 g/mol. The molecule has 0 bridgehead atoms. The van der Waals surface area contributed by atoms with Crippen LogP contribution in [0.25, 0.3) is 17.0 Å². The first-order valence-electron chi connectivity index (χ1n) is 8.15. The monoisotopic (exact) mass is 380 g/mol. The molecular weight excluding hydrogens is 365 g/mol. The molecule has 3 aromatic rings. The van der Waals surface area contributed by atoms with Gasteiger partial charge in [0.25, 0.3) is 5.91 Å². The molecule has 3 aromatic heterocycles. The molecule has 0 aliphatic carbocycles. The van der Waals surface area contributed by atoms with E-state index in [1.54, 1.807) is 7.05 Å². The van der Waals surface area contributed by atoms with E-state index in [1.165, 1.54) is 17.3 Å². The minimum Gasteiger partial charge on any atom is -0.443 e. The van der Waals surface area contributed by atoms with Crippen LogP contribution in [0.1, 0.15) is 16.1 Å². The van der Waals surface area contributed by atoms with Crippen LogP contribution in [0, 0.1) is 5.92 Å². The quantitative estimate of drug-likeness (QED) is 0.696. The van der Waals surface area contributed by atoms with E-state index in [0.717, 1.165) is 23.1 Å². The summed E-state index contributed by atoms with van der Waals surface area (Å²) in [6, 6.07) is 0.937. The van der Waals surface area contributed by atoms with Gasteiger partial charge in [-0.05, 0) is 6.07 Å². The minimum atomic E-state index is -4.59. The Morgan fingerprint density at radius 1 is 1.37 bits per heavy atom. The number of halogens is 3. The van der Waals surface area contributed by atoms with Crippen molar-refractivity contribution in [1.82, 2.24) is 19.3 Å². The molecule has 0 spiro atoms. The predicted octanol–water partition coefficient (Wildman–Crippen LogP) is 2.73. The van der Waals surface area contributed by atoms with Crippen molar-refractivity contribution in [3.63, 3.8) is 0 Å². The summed E-state index contributed by atoms with van der Waals surface area (Å²) in [6.45, 7) is 1.59. The van der Waals surface area contributed by atoms with E-state index in [1.807, 2.05) is 0 Å². The van der Waals surface area contributed by atoms with Gasteiger partial charge < -0.3 is 14.1 Å². The first-order chi connectivity index (χ1) is 12.8. The van der Waals surface area contributed by atoms with E-state index in [9.17, 15) is 18.0 Å². The Hall–Kier alpha value is -2.88. The van der Waals surface area contributed by atoms with Crippen molar-refractivity contribution in [1.29, 1.82) is 0 Å². The van der Waals surface area contributed by atoms with Gasteiger partial charge in [-0.2, -0.15) is 13.2 Å². The highest BCUT2D eigenvalue weighted by atomic mass is 19.4. The number of carbonyl (C=O) groups excluding carboxylic acids is 1. The second-order valence-corrected chi connectivity index (χ2v) is 6.43. The Morgan fingerprint density at radius 3 is 2.74 bits per heavy atom. The summed E-state index contributed by atoms with van der Waals surface area (Å²) >= 11 is 0. The number of hydrogen-bond acceptors (Lipinski definition) is 5. The normalized spacial score (nSPS) is 15.1. The summed E-state index contributed by atoms with van der Waals surface area (Å²) in [5, 5.41) is 0. The largest absolute Gasteiger partial charge is 0.443 e. The first kappa shape index (κ1) is 17.5. The van der Waals surface area contributed by atoms with E-state index in [0.29, 0.717) is 19.8 Å². The maximum absolute atomic E-state index is 13.4. The summed E-state index contributed by atoms with van der Waals surface area (Å²) in [4.78, 5) is 22.1. The molecule has 142 valence electrons. The number of rotatable bonds is 4. The third-order valence-electron chi connectivity index (χ3n) is 4.44. The maximum atomic E-state index is 13.4. The molecule has 1 saturated heterocycles. The van der Waals surface area contributed by atoms with Crippen LogP contribution in [0.5, 0.6) is 0 Å². The molecule has 27 heavy (non-hydrogen) atoms. The van der Waals surface area contributed by atoms with E-state index in [-0.39, 0.29) is 28.6 Å². The highest BCUT2D eigenvalue weighted by Crippen LogP contribution is 2.34. The van der Waals surface area contributed by atoms with Crippen molar-refractivity contribution in [2.45, 2.75) is 6.18 Å². The van der Waals surface area contributed by atoms with Gasteiger partial charge in [-0.1, -0.05) is 0 Å². The second-order valence-electron chi connectivity index (χ2n) is 6.43. The lowest BCUT2D eigenvalue weighted by atomic mass is 10.1. The minimum absolute atomic E-state index is 0.0413. The number of imidazole rings is 1. The van der Waals surface area contributed by atoms with Crippen LogP contribution >= 0.6 is 0 Å². The molecule has 7 nitrogen and oxygen atoms in total. The zero-order valence-electron chi connectivity index (χ0n) is 14.2. The van der Waals surface area contributed by atoms with Gasteiger partial charge in [0.05, 0.1) is 36.7 Å². The van der Waals surface area contributed by atoms with Crippen LogP contribution in [0.4, 0.5) is 13.2 Å². The van der Waals surface area contributed by atoms with Crippen LogP contribution in [0.2, 0.25) is 0 Å². The molecule has 1 aliphatic heterocycles. The molecule has 1 amide bonds. The summed E-state index contributed by atoms with van der Waals surface area (Å²) in [5.41, 5.74) is -0.581. The number of ether oxygens (including phenoxy) is 1. The van der Waals surface area contributed by atoms with E-state index in [4.69, 9.17) is 9.15 Å². The second kappa shape index (κ2) is 6.38. The lowest BCUT2D eigenvalue weighted by Crippen LogP contribution is -2.40. The van der Waals surface area contributed by atoms with Gasteiger partial charge in [0.1, 0.15) is 11.3 Å². The number of aromatic nitrogens is 3. The summed E-state index contributed by atoms with van der Waals surface area (Å²) in [5.74, 6) is -0.0541. The molecule has 1 fully saturated rings. The fourth-order valence-corrected chi connectivity index (χ4v) is 2.99. The molecule has 10 heteroatoms. The zero-order valence-corrected chi connectivity index (χ0v) is 14.2. The zero-order chi connectivity index (χ0) is 19.2. The SMILES string of the molecule is CN(CC1COC1)C(=O)c1cnc2c(-c3cnco3)cc(C(F)(F)F)cn12. The van der Waals surface area contributed by atoms with Gasteiger partial charge in [-0.15, -0.1) is 0 Å². The number of hydrogen-bond donors (Lipinski definition) is 0. The van der Waals surface area contributed by atoms with Crippen molar-refractivity contribution in [3.8, 4) is 11.3 Å². The van der Waals surface area contributed by atoms with Crippen molar-refractivity contribution >= 4 is 11.6 Å². The molecule has 0 unspecified atom stereocenters. The van der Waals surface area contributed by atoms with Crippen molar-refractivity contribution in [2.75, 3.05) is 26.8 Å². The fraction of sp³-hybridized carbons (Fsp3) is 0.353. The van der Waals surface area contributed by atoms with Crippen molar-refractivity contribution in [3.05, 3.63) is 42.3 Å². The van der Waals surface area contributed by atoms with Gasteiger partial charge in [0.15, 0.2) is 12.2 Å². The number of carbonyl (C=O) groups is 1. The molecule has 4 heterocycles. The lowest BCUT2D eigenvalue weighted by molar-refractivity contribution is -0.137. The Kier molecular flexibility index (Phi) is 4.14. The Labute approximate surface area is 151 Å². The van der Waals surface area contributed by atoms with Gasteiger partial charge in [-0.3, -0.25) is 9.20 Å². The number of fused-ring (bicyclic) bond motifs is 1. The van der Waals surface area contributed by atoms with Gasteiger partial charge in [0, 0.05) is 25.7 Å². The maximum Gasteiger partial charge on any atom is 0.417 e. The molecule has 0 N–H and O–H groups in total.